The van der Waals surface area contributed by atoms with E-state index < -0.39 is 0 Å². The molecule has 0 unspecified atom stereocenters. The SMILES string of the molecule is c1ccc(-c2cc(-c3ccc(-n4c5ccccc5c5ccccc54)cc3)nc(-c3cc(-c4ccccc4)cc(-c4ccc(-n5c6ccccc6c6ccccc65)cc4)n3)c2)cc1. The predicted molar refractivity (Wildman–Crippen MR) is 258 cm³/mol. The van der Waals surface area contributed by atoms with Crippen LogP contribution in [0.25, 0.3) is 111 Å². The number of aromatic nitrogens is 4. The Kier molecular flexibility index (Phi) is 8.46. The lowest BCUT2D eigenvalue weighted by atomic mass is 9.98. The summed E-state index contributed by atoms with van der Waals surface area (Å²) in [7, 11) is 0. The van der Waals surface area contributed by atoms with Gasteiger partial charge < -0.3 is 9.13 Å². The molecule has 4 aromatic heterocycles. The Morgan fingerprint density at radius 3 is 0.855 bits per heavy atom. The summed E-state index contributed by atoms with van der Waals surface area (Å²) in [6, 6.07) is 82.0. The van der Waals surface area contributed by atoms with Gasteiger partial charge in [-0.05, 0) is 95.1 Å². The van der Waals surface area contributed by atoms with E-state index in [1.54, 1.807) is 0 Å². The normalized spacial score (nSPS) is 11.5. The molecule has 0 bridgehead atoms. The Morgan fingerprint density at radius 1 is 0.226 bits per heavy atom. The van der Waals surface area contributed by atoms with Gasteiger partial charge in [0.05, 0.1) is 44.8 Å². The molecule has 0 aliphatic carbocycles. The van der Waals surface area contributed by atoms with Crippen molar-refractivity contribution in [1.82, 2.24) is 19.1 Å². The maximum absolute atomic E-state index is 5.39. The van der Waals surface area contributed by atoms with Crippen molar-refractivity contribution < 1.29 is 0 Å². The van der Waals surface area contributed by atoms with Gasteiger partial charge in [0.15, 0.2) is 0 Å². The van der Waals surface area contributed by atoms with Gasteiger partial charge in [0.2, 0.25) is 0 Å². The van der Waals surface area contributed by atoms with Crippen LogP contribution in [-0.2, 0) is 0 Å². The van der Waals surface area contributed by atoms with Crippen LogP contribution >= 0.6 is 0 Å². The second-order valence-electron chi connectivity index (χ2n) is 15.8. The Balaban J connectivity index is 0.985. The van der Waals surface area contributed by atoms with E-state index in [1.807, 2.05) is 0 Å². The first-order valence-electron chi connectivity index (χ1n) is 21.1. The third-order valence-electron chi connectivity index (χ3n) is 12.1. The first-order valence-corrected chi connectivity index (χ1v) is 21.1. The van der Waals surface area contributed by atoms with Gasteiger partial charge in [-0.3, -0.25) is 0 Å². The lowest BCUT2D eigenvalue weighted by Crippen LogP contribution is -1.97. The van der Waals surface area contributed by atoms with Crippen LogP contribution < -0.4 is 0 Å². The molecule has 0 aliphatic heterocycles. The van der Waals surface area contributed by atoms with Crippen LogP contribution in [0.3, 0.4) is 0 Å². The van der Waals surface area contributed by atoms with Gasteiger partial charge in [-0.15, -0.1) is 0 Å². The minimum Gasteiger partial charge on any atom is -0.309 e. The Hall–Kier alpha value is -8.34. The summed E-state index contributed by atoms with van der Waals surface area (Å²) in [6.07, 6.45) is 0. The van der Waals surface area contributed by atoms with Crippen molar-refractivity contribution in [2.24, 2.45) is 0 Å². The van der Waals surface area contributed by atoms with Crippen LogP contribution in [-0.4, -0.2) is 19.1 Å². The number of benzene rings is 8. The highest BCUT2D eigenvalue weighted by atomic mass is 15.0. The summed E-state index contributed by atoms with van der Waals surface area (Å²) in [5, 5.41) is 4.99. The topological polar surface area (TPSA) is 35.6 Å². The third-order valence-corrected chi connectivity index (χ3v) is 12.1. The van der Waals surface area contributed by atoms with Crippen molar-refractivity contribution in [2.75, 3.05) is 0 Å². The lowest BCUT2D eigenvalue weighted by Gasteiger charge is -2.14. The summed E-state index contributed by atoms with van der Waals surface area (Å²) in [5.41, 5.74) is 16.9. The Bertz CT molecular complexity index is 3250. The molecule has 12 aromatic rings. The standard InChI is InChI=1S/C58H38N4/c1-3-15-39(16-4-1)43-35-51(41-27-31-45(32-28-41)61-55-23-11-7-19-47(55)48-20-8-12-24-56(48)61)59-53(37-43)54-38-44(40-17-5-2-6-18-40)36-52(60-54)42-29-33-46(34-30-42)62-57-25-13-9-21-49(57)50-22-10-14-26-58(50)62/h1-38H. The summed E-state index contributed by atoms with van der Waals surface area (Å²) in [5.74, 6) is 0. The fourth-order valence-electron chi connectivity index (χ4n) is 9.18. The van der Waals surface area contributed by atoms with Crippen LogP contribution in [0.4, 0.5) is 0 Å². The smallest absolute Gasteiger partial charge is 0.0900 e. The third kappa shape index (κ3) is 6.08. The van der Waals surface area contributed by atoms with Crippen molar-refractivity contribution in [2.45, 2.75) is 0 Å². The minimum atomic E-state index is 0.814. The van der Waals surface area contributed by atoms with E-state index in [4.69, 9.17) is 9.97 Å². The molecule has 0 fully saturated rings. The molecule has 0 saturated carbocycles. The second kappa shape index (κ2) is 14.7. The van der Waals surface area contributed by atoms with E-state index in [1.165, 1.54) is 43.6 Å². The zero-order valence-corrected chi connectivity index (χ0v) is 33.7. The van der Waals surface area contributed by atoms with Gasteiger partial charge in [-0.25, -0.2) is 9.97 Å². The van der Waals surface area contributed by atoms with Gasteiger partial charge >= 0.3 is 0 Å². The summed E-state index contributed by atoms with van der Waals surface area (Å²) < 4.78 is 4.70. The fourth-order valence-corrected chi connectivity index (χ4v) is 9.18. The van der Waals surface area contributed by atoms with Gasteiger partial charge in [0.1, 0.15) is 0 Å². The van der Waals surface area contributed by atoms with Crippen molar-refractivity contribution in [1.29, 1.82) is 0 Å². The highest BCUT2D eigenvalue weighted by Gasteiger charge is 2.17. The lowest BCUT2D eigenvalue weighted by molar-refractivity contribution is 1.18. The predicted octanol–water partition coefficient (Wildman–Crippen LogP) is 15.0. The monoisotopic (exact) mass is 790 g/mol. The first kappa shape index (κ1) is 35.6. The van der Waals surface area contributed by atoms with Gasteiger partial charge in [0, 0.05) is 44.0 Å². The molecule has 4 heteroatoms. The Morgan fingerprint density at radius 2 is 0.516 bits per heavy atom. The molecular weight excluding hydrogens is 753 g/mol. The van der Waals surface area contributed by atoms with Crippen LogP contribution in [0.5, 0.6) is 0 Å². The zero-order valence-electron chi connectivity index (χ0n) is 33.7. The van der Waals surface area contributed by atoms with E-state index in [9.17, 15) is 0 Å². The number of nitrogens with zero attached hydrogens (tertiary/aromatic N) is 4. The van der Waals surface area contributed by atoms with Crippen molar-refractivity contribution in [3.63, 3.8) is 0 Å². The van der Waals surface area contributed by atoms with Gasteiger partial charge in [0.25, 0.3) is 0 Å². The number of fused-ring (bicyclic) bond motifs is 6. The maximum atomic E-state index is 5.39. The minimum absolute atomic E-state index is 0.814. The summed E-state index contributed by atoms with van der Waals surface area (Å²) in [6.45, 7) is 0. The summed E-state index contributed by atoms with van der Waals surface area (Å²) in [4.78, 5) is 10.8. The molecule has 0 N–H and O–H groups in total. The van der Waals surface area contributed by atoms with Gasteiger partial charge in [-0.1, -0.05) is 158 Å². The molecular formula is C58H38N4. The summed E-state index contributed by atoms with van der Waals surface area (Å²) >= 11 is 0. The number of para-hydroxylation sites is 4. The zero-order chi connectivity index (χ0) is 41.0. The van der Waals surface area contributed by atoms with Gasteiger partial charge in [-0.2, -0.15) is 0 Å². The van der Waals surface area contributed by atoms with Crippen molar-refractivity contribution in [3.8, 4) is 67.5 Å². The number of pyridine rings is 2. The molecule has 0 radical (unpaired) electrons. The number of rotatable bonds is 7. The van der Waals surface area contributed by atoms with E-state index in [0.29, 0.717) is 0 Å². The fraction of sp³-hybridized carbons (Fsp3) is 0. The number of hydrogen-bond acceptors (Lipinski definition) is 2. The van der Waals surface area contributed by atoms with E-state index in [-0.39, 0.29) is 0 Å². The molecule has 8 aromatic carbocycles. The highest BCUT2D eigenvalue weighted by molar-refractivity contribution is 6.10. The van der Waals surface area contributed by atoms with Crippen LogP contribution in [0.1, 0.15) is 0 Å². The maximum Gasteiger partial charge on any atom is 0.0900 e. The molecule has 0 amide bonds. The molecule has 0 spiro atoms. The van der Waals surface area contributed by atoms with E-state index in [2.05, 4.69) is 240 Å². The molecule has 0 aliphatic rings. The quantitative estimate of drug-likeness (QED) is 0.161. The molecule has 290 valence electrons. The number of hydrogen-bond donors (Lipinski definition) is 0. The second-order valence-corrected chi connectivity index (χ2v) is 15.8. The van der Waals surface area contributed by atoms with E-state index >= 15 is 0 Å². The van der Waals surface area contributed by atoms with Crippen molar-refractivity contribution in [3.05, 3.63) is 231 Å². The first-order chi connectivity index (χ1) is 30.7. The average Bonchev–Trinajstić information content (AvgIpc) is 3.87. The van der Waals surface area contributed by atoms with E-state index in [0.717, 1.165) is 67.5 Å². The molecule has 0 saturated heterocycles. The molecule has 12 rings (SSSR count). The van der Waals surface area contributed by atoms with Crippen LogP contribution in [0.2, 0.25) is 0 Å². The van der Waals surface area contributed by atoms with Crippen molar-refractivity contribution >= 4 is 43.6 Å². The average molecular weight is 791 g/mol. The largest absolute Gasteiger partial charge is 0.309 e. The molecule has 0 atom stereocenters. The highest BCUT2D eigenvalue weighted by Crippen LogP contribution is 2.37. The Labute approximate surface area is 359 Å². The molecule has 4 heterocycles. The molecule has 62 heavy (non-hydrogen) atoms. The molecule has 4 nitrogen and oxygen atoms in total. The van der Waals surface area contributed by atoms with Crippen LogP contribution in [0, 0.1) is 0 Å². The van der Waals surface area contributed by atoms with Crippen LogP contribution in [0.15, 0.2) is 231 Å².